The number of alkyl halides is 1. The molecule has 0 bridgehead atoms. The number of aromatic nitrogens is 2. The first-order valence-corrected chi connectivity index (χ1v) is 4.99. The summed E-state index contributed by atoms with van der Waals surface area (Å²) in [5.74, 6) is 0. The molecule has 3 nitrogen and oxygen atoms in total. The van der Waals surface area contributed by atoms with Gasteiger partial charge in [0.25, 0.3) is 0 Å². The molecule has 0 amide bonds. The molecule has 0 aliphatic carbocycles. The van der Waals surface area contributed by atoms with Crippen molar-refractivity contribution < 1.29 is 4.39 Å². The van der Waals surface area contributed by atoms with Crippen molar-refractivity contribution in [2.24, 2.45) is 5.73 Å². The fourth-order valence-electron chi connectivity index (χ4n) is 1.67. The number of hydrogen-bond donors (Lipinski definition) is 1. The fourth-order valence-corrected chi connectivity index (χ4v) is 1.67. The van der Waals surface area contributed by atoms with Crippen LogP contribution < -0.4 is 5.73 Å². The number of rotatable bonds is 5. The van der Waals surface area contributed by atoms with E-state index >= 15 is 0 Å². The first-order chi connectivity index (χ1) is 6.70. The van der Waals surface area contributed by atoms with Gasteiger partial charge in [-0.15, -0.1) is 0 Å². The molecule has 0 atom stereocenters. The predicted molar refractivity (Wildman–Crippen MR) is 55.1 cm³/mol. The van der Waals surface area contributed by atoms with Crippen LogP contribution in [0, 0.1) is 13.8 Å². The Morgan fingerprint density at radius 3 is 2.71 bits per heavy atom. The summed E-state index contributed by atoms with van der Waals surface area (Å²) in [6.07, 6.45) is 1.39. The fraction of sp³-hybridized carbons (Fsp3) is 0.700. The Morgan fingerprint density at radius 1 is 1.43 bits per heavy atom. The standard InChI is InChI=1S/C10H18FN3/c1-8-10(4-6-12)9(2)14(13-8)7-3-5-11/h3-7,12H2,1-2H3. The van der Waals surface area contributed by atoms with E-state index in [0.29, 0.717) is 19.5 Å². The highest BCUT2D eigenvalue weighted by molar-refractivity contribution is 5.24. The Bertz CT molecular complexity index is 294. The quantitative estimate of drug-likeness (QED) is 0.778. The van der Waals surface area contributed by atoms with E-state index in [1.807, 2.05) is 18.5 Å². The number of nitrogens with two attached hydrogens (primary N) is 1. The first-order valence-electron chi connectivity index (χ1n) is 4.99. The Kier molecular flexibility index (Phi) is 4.07. The summed E-state index contributed by atoms with van der Waals surface area (Å²) >= 11 is 0. The van der Waals surface area contributed by atoms with Gasteiger partial charge in [-0.2, -0.15) is 5.10 Å². The van der Waals surface area contributed by atoms with Crippen molar-refractivity contribution in [3.05, 3.63) is 17.0 Å². The van der Waals surface area contributed by atoms with Crippen LogP contribution in [0.2, 0.25) is 0 Å². The van der Waals surface area contributed by atoms with Crippen molar-refractivity contribution in [2.45, 2.75) is 33.2 Å². The molecule has 1 aromatic rings. The lowest BCUT2D eigenvalue weighted by Crippen LogP contribution is -2.06. The van der Waals surface area contributed by atoms with Crippen LogP contribution in [0.4, 0.5) is 4.39 Å². The molecule has 0 spiro atoms. The molecule has 1 aromatic heterocycles. The molecule has 0 aromatic carbocycles. The van der Waals surface area contributed by atoms with Gasteiger partial charge in [0.1, 0.15) is 0 Å². The van der Waals surface area contributed by atoms with Gasteiger partial charge >= 0.3 is 0 Å². The molecule has 0 fully saturated rings. The molecule has 4 heteroatoms. The second-order valence-electron chi connectivity index (χ2n) is 3.45. The van der Waals surface area contributed by atoms with Crippen LogP contribution in [0.1, 0.15) is 23.4 Å². The molecule has 1 rings (SSSR count). The van der Waals surface area contributed by atoms with E-state index in [1.54, 1.807) is 0 Å². The van der Waals surface area contributed by atoms with Crippen LogP contribution in [-0.2, 0) is 13.0 Å². The molecule has 0 unspecified atom stereocenters. The van der Waals surface area contributed by atoms with Gasteiger partial charge in [0.15, 0.2) is 0 Å². The summed E-state index contributed by atoms with van der Waals surface area (Å²) < 4.78 is 13.9. The van der Waals surface area contributed by atoms with E-state index in [4.69, 9.17) is 5.73 Å². The molecule has 80 valence electrons. The molecule has 2 N–H and O–H groups in total. The van der Waals surface area contributed by atoms with Crippen molar-refractivity contribution in [2.75, 3.05) is 13.2 Å². The molecule has 0 aliphatic heterocycles. The molecule has 1 heterocycles. The van der Waals surface area contributed by atoms with Crippen molar-refractivity contribution in [3.63, 3.8) is 0 Å². The average molecular weight is 199 g/mol. The minimum Gasteiger partial charge on any atom is -0.330 e. The summed E-state index contributed by atoms with van der Waals surface area (Å²) in [6.45, 7) is 5.00. The van der Waals surface area contributed by atoms with E-state index in [0.717, 1.165) is 17.8 Å². The molecule has 0 saturated heterocycles. The van der Waals surface area contributed by atoms with Crippen molar-refractivity contribution in [1.82, 2.24) is 9.78 Å². The number of nitrogens with zero attached hydrogens (tertiary/aromatic N) is 2. The molecular formula is C10H18FN3. The zero-order valence-corrected chi connectivity index (χ0v) is 8.89. The highest BCUT2D eigenvalue weighted by atomic mass is 19.1. The van der Waals surface area contributed by atoms with Crippen LogP contribution in [0.15, 0.2) is 0 Å². The Balaban J connectivity index is 2.81. The number of halogens is 1. The summed E-state index contributed by atoms with van der Waals surface area (Å²) in [4.78, 5) is 0. The maximum Gasteiger partial charge on any atom is 0.0912 e. The topological polar surface area (TPSA) is 43.8 Å². The summed E-state index contributed by atoms with van der Waals surface area (Å²) in [5.41, 5.74) is 8.87. The van der Waals surface area contributed by atoms with Gasteiger partial charge in [0.2, 0.25) is 0 Å². The first kappa shape index (κ1) is 11.2. The predicted octanol–water partition coefficient (Wildman–Crippen LogP) is 1.36. The maximum absolute atomic E-state index is 12.0. The SMILES string of the molecule is Cc1nn(CCCF)c(C)c1CCN. The van der Waals surface area contributed by atoms with Crippen molar-refractivity contribution in [1.29, 1.82) is 0 Å². The van der Waals surface area contributed by atoms with Crippen LogP contribution in [0.3, 0.4) is 0 Å². The Morgan fingerprint density at radius 2 is 2.14 bits per heavy atom. The Hall–Kier alpha value is -0.900. The molecule has 0 radical (unpaired) electrons. The lowest BCUT2D eigenvalue weighted by molar-refractivity contribution is 0.431. The molecule has 14 heavy (non-hydrogen) atoms. The Labute approximate surface area is 84.1 Å². The minimum atomic E-state index is -0.287. The summed E-state index contributed by atoms with van der Waals surface area (Å²) in [5, 5.41) is 4.36. The largest absolute Gasteiger partial charge is 0.330 e. The van der Waals surface area contributed by atoms with Crippen LogP contribution in [0.5, 0.6) is 0 Å². The van der Waals surface area contributed by atoms with Gasteiger partial charge in [0.05, 0.1) is 12.4 Å². The van der Waals surface area contributed by atoms with Crippen molar-refractivity contribution in [3.8, 4) is 0 Å². The average Bonchev–Trinajstić information content (AvgIpc) is 2.43. The highest BCUT2D eigenvalue weighted by Crippen LogP contribution is 2.13. The number of aryl methyl sites for hydroxylation is 2. The highest BCUT2D eigenvalue weighted by Gasteiger charge is 2.09. The van der Waals surface area contributed by atoms with E-state index in [2.05, 4.69) is 5.10 Å². The lowest BCUT2D eigenvalue weighted by Gasteiger charge is -2.02. The normalized spacial score (nSPS) is 10.9. The van der Waals surface area contributed by atoms with Gasteiger partial charge in [-0.3, -0.25) is 9.07 Å². The van der Waals surface area contributed by atoms with Gasteiger partial charge in [0, 0.05) is 12.2 Å². The van der Waals surface area contributed by atoms with E-state index in [9.17, 15) is 4.39 Å². The third-order valence-corrected chi connectivity index (χ3v) is 2.43. The number of hydrogen-bond acceptors (Lipinski definition) is 2. The molecular weight excluding hydrogens is 181 g/mol. The molecule has 0 saturated carbocycles. The monoisotopic (exact) mass is 199 g/mol. The zero-order valence-electron chi connectivity index (χ0n) is 8.89. The molecule has 0 aliphatic rings. The van der Waals surface area contributed by atoms with Crippen LogP contribution in [-0.4, -0.2) is 23.0 Å². The summed E-state index contributed by atoms with van der Waals surface area (Å²) in [7, 11) is 0. The van der Waals surface area contributed by atoms with Crippen molar-refractivity contribution >= 4 is 0 Å². The van der Waals surface area contributed by atoms with Gasteiger partial charge in [-0.05, 0) is 38.8 Å². The van der Waals surface area contributed by atoms with E-state index in [1.165, 1.54) is 5.56 Å². The zero-order chi connectivity index (χ0) is 10.6. The third kappa shape index (κ3) is 2.32. The third-order valence-electron chi connectivity index (χ3n) is 2.43. The van der Waals surface area contributed by atoms with Crippen LogP contribution >= 0.6 is 0 Å². The van der Waals surface area contributed by atoms with Gasteiger partial charge in [-0.25, -0.2) is 0 Å². The van der Waals surface area contributed by atoms with Gasteiger partial charge < -0.3 is 5.73 Å². The maximum atomic E-state index is 12.0. The smallest absolute Gasteiger partial charge is 0.0912 e. The van der Waals surface area contributed by atoms with E-state index in [-0.39, 0.29) is 6.67 Å². The van der Waals surface area contributed by atoms with Gasteiger partial charge in [-0.1, -0.05) is 0 Å². The van der Waals surface area contributed by atoms with E-state index < -0.39 is 0 Å². The summed E-state index contributed by atoms with van der Waals surface area (Å²) in [6, 6.07) is 0. The van der Waals surface area contributed by atoms with Crippen LogP contribution in [0.25, 0.3) is 0 Å². The second kappa shape index (κ2) is 5.10. The second-order valence-corrected chi connectivity index (χ2v) is 3.45. The lowest BCUT2D eigenvalue weighted by atomic mass is 10.1. The minimum absolute atomic E-state index is 0.287.